The molecule has 104 valence electrons. The largest absolute Gasteiger partial charge is 0.394 e. The van der Waals surface area contributed by atoms with Gasteiger partial charge in [-0.15, -0.1) is 0 Å². The number of hydrogen-bond donors (Lipinski definition) is 2. The molecule has 0 saturated heterocycles. The SMILES string of the molecule is C/C(=C/C(=O)NC(C)(C)CO)CCc1ccccc1. The fraction of sp³-hybridized carbons (Fsp3) is 0.438. The molecule has 1 rings (SSSR count). The molecule has 0 bridgehead atoms. The predicted molar refractivity (Wildman–Crippen MR) is 77.8 cm³/mol. The lowest BCUT2D eigenvalue weighted by Gasteiger charge is -2.22. The Bertz CT molecular complexity index is 435. The summed E-state index contributed by atoms with van der Waals surface area (Å²) in [4.78, 5) is 11.7. The number of allylic oxidation sites excluding steroid dienone is 1. The molecule has 0 fully saturated rings. The van der Waals surface area contributed by atoms with E-state index in [4.69, 9.17) is 5.11 Å². The zero-order valence-electron chi connectivity index (χ0n) is 11.9. The van der Waals surface area contributed by atoms with Crippen molar-refractivity contribution in [1.29, 1.82) is 0 Å². The van der Waals surface area contributed by atoms with Crippen molar-refractivity contribution >= 4 is 5.91 Å². The molecule has 1 aromatic rings. The van der Waals surface area contributed by atoms with Gasteiger partial charge in [0.25, 0.3) is 0 Å². The third-order valence-electron chi connectivity index (χ3n) is 2.89. The van der Waals surface area contributed by atoms with Crippen LogP contribution in [0.5, 0.6) is 0 Å². The van der Waals surface area contributed by atoms with Crippen LogP contribution in [0, 0.1) is 0 Å². The molecular formula is C16H23NO2. The van der Waals surface area contributed by atoms with Crippen LogP contribution in [-0.2, 0) is 11.2 Å². The van der Waals surface area contributed by atoms with Gasteiger partial charge in [0.1, 0.15) is 0 Å². The topological polar surface area (TPSA) is 49.3 Å². The van der Waals surface area contributed by atoms with Crippen LogP contribution in [0.25, 0.3) is 0 Å². The summed E-state index contributed by atoms with van der Waals surface area (Å²) in [7, 11) is 0. The monoisotopic (exact) mass is 261 g/mol. The molecule has 3 heteroatoms. The highest BCUT2D eigenvalue weighted by atomic mass is 16.3. The molecule has 0 radical (unpaired) electrons. The maximum absolute atomic E-state index is 11.7. The first-order chi connectivity index (χ1) is 8.93. The van der Waals surface area contributed by atoms with Crippen molar-refractivity contribution < 1.29 is 9.90 Å². The number of aliphatic hydroxyl groups is 1. The molecule has 0 atom stereocenters. The Kier molecular flexibility index (Phi) is 5.77. The Hall–Kier alpha value is -1.61. The molecule has 19 heavy (non-hydrogen) atoms. The van der Waals surface area contributed by atoms with Gasteiger partial charge in [0, 0.05) is 6.08 Å². The van der Waals surface area contributed by atoms with Crippen LogP contribution < -0.4 is 5.32 Å². The second-order valence-electron chi connectivity index (χ2n) is 5.51. The zero-order chi connectivity index (χ0) is 14.3. The second-order valence-corrected chi connectivity index (χ2v) is 5.51. The number of hydrogen-bond acceptors (Lipinski definition) is 2. The third kappa shape index (κ3) is 6.20. The number of amides is 1. The van der Waals surface area contributed by atoms with Gasteiger partial charge in [-0.1, -0.05) is 35.9 Å². The second kappa shape index (κ2) is 7.10. The Labute approximate surface area is 115 Å². The van der Waals surface area contributed by atoms with E-state index in [0.717, 1.165) is 18.4 Å². The number of rotatable bonds is 6. The van der Waals surface area contributed by atoms with Crippen LogP contribution in [0.3, 0.4) is 0 Å². The van der Waals surface area contributed by atoms with Crippen molar-refractivity contribution in [1.82, 2.24) is 5.32 Å². The predicted octanol–water partition coefficient (Wildman–Crippen LogP) is 2.45. The molecule has 1 amide bonds. The lowest BCUT2D eigenvalue weighted by atomic mass is 10.0. The minimum atomic E-state index is -0.576. The lowest BCUT2D eigenvalue weighted by Crippen LogP contribution is -2.45. The van der Waals surface area contributed by atoms with E-state index < -0.39 is 5.54 Å². The summed E-state index contributed by atoms with van der Waals surface area (Å²) in [5.41, 5.74) is 1.73. The zero-order valence-corrected chi connectivity index (χ0v) is 11.9. The molecule has 3 nitrogen and oxygen atoms in total. The normalized spacial score (nSPS) is 12.3. The quantitative estimate of drug-likeness (QED) is 0.773. The summed E-state index contributed by atoms with van der Waals surface area (Å²) >= 11 is 0. The van der Waals surface area contributed by atoms with E-state index in [9.17, 15) is 4.79 Å². The highest BCUT2D eigenvalue weighted by Crippen LogP contribution is 2.09. The van der Waals surface area contributed by atoms with E-state index >= 15 is 0 Å². The van der Waals surface area contributed by atoms with Crippen molar-refractivity contribution in [2.45, 2.75) is 39.2 Å². The summed E-state index contributed by atoms with van der Waals surface area (Å²) in [6.45, 7) is 5.46. The van der Waals surface area contributed by atoms with Crippen LogP contribution in [0.1, 0.15) is 32.8 Å². The average Bonchev–Trinajstić information content (AvgIpc) is 2.37. The van der Waals surface area contributed by atoms with Gasteiger partial charge in [-0.25, -0.2) is 0 Å². The third-order valence-corrected chi connectivity index (χ3v) is 2.89. The molecular weight excluding hydrogens is 238 g/mol. The molecule has 1 aromatic carbocycles. The number of nitrogens with one attached hydrogen (secondary N) is 1. The molecule has 0 unspecified atom stereocenters. The molecule has 0 aliphatic heterocycles. The number of benzene rings is 1. The highest BCUT2D eigenvalue weighted by Gasteiger charge is 2.17. The first-order valence-electron chi connectivity index (χ1n) is 6.57. The summed E-state index contributed by atoms with van der Waals surface area (Å²) in [5, 5.41) is 11.9. The van der Waals surface area contributed by atoms with Crippen molar-refractivity contribution in [2.24, 2.45) is 0 Å². The Morgan fingerprint density at radius 3 is 2.53 bits per heavy atom. The number of carbonyl (C=O) groups is 1. The van der Waals surface area contributed by atoms with Crippen LogP contribution in [0.2, 0.25) is 0 Å². The van der Waals surface area contributed by atoms with E-state index in [2.05, 4.69) is 17.4 Å². The van der Waals surface area contributed by atoms with Gasteiger partial charge < -0.3 is 10.4 Å². The number of carbonyl (C=O) groups excluding carboxylic acids is 1. The van der Waals surface area contributed by atoms with Crippen LogP contribution in [0.4, 0.5) is 0 Å². The lowest BCUT2D eigenvalue weighted by molar-refractivity contribution is -0.118. The maximum Gasteiger partial charge on any atom is 0.244 e. The van der Waals surface area contributed by atoms with Crippen molar-refractivity contribution in [3.05, 3.63) is 47.5 Å². The van der Waals surface area contributed by atoms with Crippen molar-refractivity contribution in [3.8, 4) is 0 Å². The van der Waals surface area contributed by atoms with Crippen LogP contribution in [-0.4, -0.2) is 23.2 Å². The molecule has 0 heterocycles. The number of aryl methyl sites for hydroxylation is 1. The molecule has 0 aromatic heterocycles. The van der Waals surface area contributed by atoms with Gasteiger partial charge in [0.15, 0.2) is 0 Å². The Morgan fingerprint density at radius 2 is 1.95 bits per heavy atom. The summed E-state index contributed by atoms with van der Waals surface area (Å²) in [5.74, 6) is -0.149. The Balaban J connectivity index is 2.46. The number of aliphatic hydroxyl groups excluding tert-OH is 1. The van der Waals surface area contributed by atoms with Gasteiger partial charge in [0.2, 0.25) is 5.91 Å². The molecule has 2 N–H and O–H groups in total. The minimum absolute atomic E-state index is 0.0738. The van der Waals surface area contributed by atoms with Gasteiger partial charge in [-0.05, 0) is 39.2 Å². The fourth-order valence-electron chi connectivity index (χ4n) is 1.69. The summed E-state index contributed by atoms with van der Waals surface area (Å²) in [6.07, 6.45) is 3.40. The first kappa shape index (κ1) is 15.4. The van der Waals surface area contributed by atoms with E-state index in [-0.39, 0.29) is 12.5 Å². The van der Waals surface area contributed by atoms with Crippen LogP contribution in [0.15, 0.2) is 42.0 Å². The molecule has 0 saturated carbocycles. The average molecular weight is 261 g/mol. The van der Waals surface area contributed by atoms with Crippen LogP contribution >= 0.6 is 0 Å². The molecule has 0 aliphatic carbocycles. The fourth-order valence-corrected chi connectivity index (χ4v) is 1.69. The van der Waals surface area contributed by atoms with Gasteiger partial charge in [-0.3, -0.25) is 4.79 Å². The van der Waals surface area contributed by atoms with Crippen molar-refractivity contribution in [2.75, 3.05) is 6.61 Å². The van der Waals surface area contributed by atoms with Gasteiger partial charge >= 0.3 is 0 Å². The van der Waals surface area contributed by atoms with E-state index in [1.165, 1.54) is 5.56 Å². The molecule has 0 spiro atoms. The summed E-state index contributed by atoms with van der Waals surface area (Å²) < 4.78 is 0. The summed E-state index contributed by atoms with van der Waals surface area (Å²) in [6, 6.07) is 10.2. The minimum Gasteiger partial charge on any atom is -0.394 e. The van der Waals surface area contributed by atoms with E-state index in [1.54, 1.807) is 19.9 Å². The highest BCUT2D eigenvalue weighted by molar-refractivity contribution is 5.88. The first-order valence-corrected chi connectivity index (χ1v) is 6.57. The Morgan fingerprint density at radius 1 is 1.32 bits per heavy atom. The molecule has 0 aliphatic rings. The smallest absolute Gasteiger partial charge is 0.244 e. The van der Waals surface area contributed by atoms with Crippen molar-refractivity contribution in [3.63, 3.8) is 0 Å². The van der Waals surface area contributed by atoms with Gasteiger partial charge in [0.05, 0.1) is 12.1 Å². The van der Waals surface area contributed by atoms with E-state index in [1.807, 2.05) is 25.1 Å². The van der Waals surface area contributed by atoms with E-state index in [0.29, 0.717) is 0 Å². The van der Waals surface area contributed by atoms with Gasteiger partial charge in [-0.2, -0.15) is 0 Å². The maximum atomic E-state index is 11.7. The standard InChI is InChI=1S/C16H23NO2/c1-13(9-10-14-7-5-4-6-8-14)11-15(19)17-16(2,3)12-18/h4-8,11,18H,9-10,12H2,1-3H3,(H,17,19)/b13-11-.